The summed E-state index contributed by atoms with van der Waals surface area (Å²) in [6.07, 6.45) is 0. The van der Waals surface area contributed by atoms with Crippen molar-refractivity contribution in [3.8, 4) is 0 Å². The summed E-state index contributed by atoms with van der Waals surface area (Å²) in [5, 5.41) is 5.97. The van der Waals surface area contributed by atoms with Gasteiger partial charge in [-0.05, 0) is 6.92 Å². The summed E-state index contributed by atoms with van der Waals surface area (Å²) in [6, 6.07) is -0.0647. The highest BCUT2D eigenvalue weighted by Crippen LogP contribution is 2.13. The Labute approximate surface area is 111 Å². The zero-order valence-electron chi connectivity index (χ0n) is 10.6. The zero-order valence-corrected chi connectivity index (χ0v) is 11.5. The minimum absolute atomic E-state index is 0.0286. The maximum atomic E-state index is 12.1. The van der Waals surface area contributed by atoms with Gasteiger partial charge in [0.15, 0.2) is 0 Å². The molecular formula is C11H20N4O2S. The molecule has 2 heterocycles. The average Bonchev–Trinajstić information content (AvgIpc) is 2.92. The summed E-state index contributed by atoms with van der Waals surface area (Å²) < 4.78 is 0. The molecule has 6 nitrogen and oxygen atoms in total. The third-order valence-corrected chi connectivity index (χ3v) is 4.16. The number of urea groups is 1. The van der Waals surface area contributed by atoms with E-state index in [0.717, 1.165) is 11.6 Å². The largest absolute Gasteiger partial charge is 0.338 e. The Kier molecular flexibility index (Phi) is 4.71. The molecule has 2 N–H and O–H groups in total. The van der Waals surface area contributed by atoms with Crippen LogP contribution in [0.25, 0.3) is 0 Å². The second-order valence-corrected chi connectivity index (χ2v) is 5.45. The monoisotopic (exact) mass is 272 g/mol. The quantitative estimate of drug-likeness (QED) is 0.713. The summed E-state index contributed by atoms with van der Waals surface area (Å²) in [5.74, 6) is 1.89. The normalized spacial score (nSPS) is 24.2. The van der Waals surface area contributed by atoms with Gasteiger partial charge in [-0.2, -0.15) is 0 Å². The summed E-state index contributed by atoms with van der Waals surface area (Å²) in [6.45, 7) is 5.06. The smallest absolute Gasteiger partial charge is 0.317 e. The lowest BCUT2D eigenvalue weighted by Crippen LogP contribution is -2.56. The van der Waals surface area contributed by atoms with Crippen molar-refractivity contribution < 1.29 is 9.59 Å². The van der Waals surface area contributed by atoms with E-state index >= 15 is 0 Å². The van der Waals surface area contributed by atoms with Crippen molar-refractivity contribution in [3.63, 3.8) is 0 Å². The summed E-state index contributed by atoms with van der Waals surface area (Å²) in [4.78, 5) is 27.4. The minimum atomic E-state index is -0.0361. The molecule has 0 spiro atoms. The fourth-order valence-corrected chi connectivity index (χ4v) is 3.10. The van der Waals surface area contributed by atoms with E-state index in [-0.39, 0.29) is 18.0 Å². The fourth-order valence-electron chi connectivity index (χ4n) is 2.17. The SMILES string of the molecule is CCNC(=O)N1CCN(C(=O)C2CSCN2)CC1. The van der Waals surface area contributed by atoms with Gasteiger partial charge >= 0.3 is 6.03 Å². The Bertz CT molecular complexity index is 312. The van der Waals surface area contributed by atoms with E-state index in [4.69, 9.17) is 0 Å². The molecule has 7 heteroatoms. The predicted molar refractivity (Wildman–Crippen MR) is 71.5 cm³/mol. The highest BCUT2D eigenvalue weighted by atomic mass is 32.2. The van der Waals surface area contributed by atoms with Crippen molar-refractivity contribution in [1.29, 1.82) is 0 Å². The van der Waals surface area contributed by atoms with Gasteiger partial charge in [0.1, 0.15) is 0 Å². The van der Waals surface area contributed by atoms with E-state index in [1.807, 2.05) is 11.8 Å². The topological polar surface area (TPSA) is 64.7 Å². The van der Waals surface area contributed by atoms with Gasteiger partial charge in [-0.3, -0.25) is 10.1 Å². The Morgan fingerprint density at radius 3 is 2.50 bits per heavy atom. The van der Waals surface area contributed by atoms with E-state index in [0.29, 0.717) is 32.7 Å². The van der Waals surface area contributed by atoms with Crippen molar-refractivity contribution in [2.24, 2.45) is 0 Å². The number of carbonyl (C=O) groups is 2. The standard InChI is InChI=1S/C11H20N4O2S/c1-2-12-11(17)15-5-3-14(4-6-15)10(16)9-7-18-8-13-9/h9,13H,2-8H2,1H3,(H,12,17). The van der Waals surface area contributed by atoms with Crippen LogP contribution >= 0.6 is 11.8 Å². The first-order valence-corrected chi connectivity index (χ1v) is 7.50. The Balaban J connectivity index is 1.79. The Morgan fingerprint density at radius 1 is 1.28 bits per heavy atom. The van der Waals surface area contributed by atoms with Gasteiger partial charge in [-0.25, -0.2) is 4.79 Å². The van der Waals surface area contributed by atoms with Crippen LogP contribution in [0.15, 0.2) is 0 Å². The number of hydrogen-bond donors (Lipinski definition) is 2. The molecule has 2 fully saturated rings. The van der Waals surface area contributed by atoms with Crippen LogP contribution in [0.2, 0.25) is 0 Å². The van der Waals surface area contributed by atoms with Crippen molar-refractivity contribution in [2.75, 3.05) is 44.4 Å². The van der Waals surface area contributed by atoms with E-state index in [2.05, 4.69) is 10.6 Å². The summed E-state index contributed by atoms with van der Waals surface area (Å²) in [5.41, 5.74) is 0. The van der Waals surface area contributed by atoms with Gasteiger partial charge < -0.3 is 15.1 Å². The van der Waals surface area contributed by atoms with Crippen molar-refractivity contribution in [1.82, 2.24) is 20.4 Å². The number of nitrogens with one attached hydrogen (secondary N) is 2. The number of thioether (sulfide) groups is 1. The molecule has 0 aliphatic carbocycles. The molecule has 0 saturated carbocycles. The zero-order chi connectivity index (χ0) is 13.0. The molecule has 3 amide bonds. The van der Waals surface area contributed by atoms with Crippen molar-refractivity contribution >= 4 is 23.7 Å². The molecule has 2 aliphatic heterocycles. The van der Waals surface area contributed by atoms with Crippen LogP contribution < -0.4 is 10.6 Å². The molecule has 1 atom stereocenters. The third-order valence-electron chi connectivity index (χ3n) is 3.22. The minimum Gasteiger partial charge on any atom is -0.338 e. The third kappa shape index (κ3) is 3.08. The Hall–Kier alpha value is -0.950. The number of nitrogens with zero attached hydrogens (tertiary/aromatic N) is 2. The molecule has 0 aromatic carbocycles. The van der Waals surface area contributed by atoms with E-state index in [9.17, 15) is 9.59 Å². The van der Waals surface area contributed by atoms with Crippen LogP contribution in [0, 0.1) is 0 Å². The lowest BCUT2D eigenvalue weighted by Gasteiger charge is -2.35. The maximum Gasteiger partial charge on any atom is 0.317 e. The molecule has 2 aliphatic rings. The number of amides is 3. The molecule has 0 aromatic heterocycles. The van der Waals surface area contributed by atoms with Gasteiger partial charge in [-0.15, -0.1) is 11.8 Å². The first kappa shape index (κ1) is 13.5. The highest BCUT2D eigenvalue weighted by Gasteiger charge is 2.30. The number of piperazine rings is 1. The van der Waals surface area contributed by atoms with Gasteiger partial charge in [0.25, 0.3) is 0 Å². The number of carbonyl (C=O) groups excluding carboxylic acids is 2. The summed E-state index contributed by atoms with van der Waals surface area (Å²) >= 11 is 1.75. The highest BCUT2D eigenvalue weighted by molar-refractivity contribution is 7.99. The van der Waals surface area contributed by atoms with Crippen LogP contribution in [-0.4, -0.2) is 72.1 Å². The molecule has 2 rings (SSSR count). The molecule has 0 radical (unpaired) electrons. The molecule has 2 saturated heterocycles. The van der Waals surface area contributed by atoms with Gasteiger partial charge in [-0.1, -0.05) is 0 Å². The molecule has 0 bridgehead atoms. The first-order valence-electron chi connectivity index (χ1n) is 6.35. The van der Waals surface area contributed by atoms with Crippen molar-refractivity contribution in [2.45, 2.75) is 13.0 Å². The molecule has 0 aromatic rings. The molecule has 1 unspecified atom stereocenters. The predicted octanol–water partition coefficient (Wildman–Crippen LogP) is -0.477. The molecular weight excluding hydrogens is 252 g/mol. The fraction of sp³-hybridized carbons (Fsp3) is 0.818. The van der Waals surface area contributed by atoms with Crippen LogP contribution in [0.3, 0.4) is 0 Å². The second kappa shape index (κ2) is 6.29. The van der Waals surface area contributed by atoms with E-state index in [1.165, 1.54) is 0 Å². The van der Waals surface area contributed by atoms with Gasteiger partial charge in [0.05, 0.1) is 6.04 Å². The molecule has 102 valence electrons. The van der Waals surface area contributed by atoms with Crippen molar-refractivity contribution in [3.05, 3.63) is 0 Å². The molecule has 18 heavy (non-hydrogen) atoms. The lowest BCUT2D eigenvalue weighted by atomic mass is 10.2. The van der Waals surface area contributed by atoms with E-state index in [1.54, 1.807) is 16.7 Å². The van der Waals surface area contributed by atoms with Gasteiger partial charge in [0.2, 0.25) is 5.91 Å². The second-order valence-electron chi connectivity index (χ2n) is 4.42. The van der Waals surface area contributed by atoms with E-state index < -0.39 is 0 Å². The number of hydrogen-bond acceptors (Lipinski definition) is 4. The maximum absolute atomic E-state index is 12.1. The van der Waals surface area contributed by atoms with Gasteiger partial charge in [0, 0.05) is 44.4 Å². The average molecular weight is 272 g/mol. The van der Waals surface area contributed by atoms with Crippen LogP contribution in [0.4, 0.5) is 4.79 Å². The van der Waals surface area contributed by atoms with Crippen LogP contribution in [-0.2, 0) is 4.79 Å². The first-order chi connectivity index (χ1) is 8.72. The van der Waals surface area contributed by atoms with Crippen LogP contribution in [0.1, 0.15) is 6.92 Å². The summed E-state index contributed by atoms with van der Waals surface area (Å²) in [7, 11) is 0. The lowest BCUT2D eigenvalue weighted by molar-refractivity contribution is -0.134. The number of rotatable bonds is 2. The van der Waals surface area contributed by atoms with Crippen LogP contribution in [0.5, 0.6) is 0 Å². The Morgan fingerprint density at radius 2 is 1.94 bits per heavy atom.